The van der Waals surface area contributed by atoms with E-state index in [-0.39, 0.29) is 22.1 Å². The summed E-state index contributed by atoms with van der Waals surface area (Å²) in [5.41, 5.74) is -2.15. The molecule has 0 aliphatic rings. The van der Waals surface area contributed by atoms with Crippen molar-refractivity contribution in [1.29, 1.82) is 0 Å². The first-order valence-corrected chi connectivity index (χ1v) is 8.32. The second kappa shape index (κ2) is 7.23. The molecule has 0 aliphatic carbocycles. The Labute approximate surface area is 158 Å². The van der Waals surface area contributed by atoms with Gasteiger partial charge in [0.1, 0.15) is 0 Å². The maximum Gasteiger partial charge on any atom is 0.417 e. The smallest absolute Gasteiger partial charge is 0.297 e. The molecule has 0 saturated carbocycles. The van der Waals surface area contributed by atoms with E-state index in [0.717, 1.165) is 30.3 Å². The van der Waals surface area contributed by atoms with Crippen molar-refractivity contribution in [2.24, 2.45) is 0 Å². The topological polar surface area (TPSA) is 54.9 Å². The van der Waals surface area contributed by atoms with Crippen LogP contribution in [0, 0.1) is 0 Å². The van der Waals surface area contributed by atoms with Gasteiger partial charge in [-0.1, -0.05) is 18.2 Å². The van der Waals surface area contributed by atoms with Gasteiger partial charge in [0.2, 0.25) is 5.13 Å². The molecule has 28 heavy (non-hydrogen) atoms. The lowest BCUT2D eigenvalue weighted by molar-refractivity contribution is -0.138. The fourth-order valence-corrected chi connectivity index (χ4v) is 2.87. The summed E-state index contributed by atoms with van der Waals surface area (Å²) in [5, 5.41) is 2.22. The van der Waals surface area contributed by atoms with E-state index in [4.69, 9.17) is 0 Å². The van der Waals surface area contributed by atoms with Gasteiger partial charge in [0.05, 0.1) is 11.1 Å². The van der Waals surface area contributed by atoms with Crippen molar-refractivity contribution >= 4 is 22.6 Å². The molecule has 0 atom stereocenters. The Morgan fingerprint density at radius 1 is 0.893 bits per heavy atom. The molecule has 0 radical (unpaired) electrons. The second-order valence-corrected chi connectivity index (χ2v) is 6.25. The second-order valence-electron chi connectivity index (χ2n) is 5.50. The van der Waals surface area contributed by atoms with E-state index in [0.29, 0.717) is 11.5 Å². The number of hydrogen-bond acceptors (Lipinski definition) is 4. The molecule has 0 spiro atoms. The minimum absolute atomic E-state index is 0.0690. The van der Waals surface area contributed by atoms with Gasteiger partial charge < -0.3 is 0 Å². The number of halogens is 6. The lowest BCUT2D eigenvalue weighted by Gasteiger charge is -2.09. The van der Waals surface area contributed by atoms with Crippen molar-refractivity contribution in [3.63, 3.8) is 0 Å². The van der Waals surface area contributed by atoms with Crippen LogP contribution in [-0.2, 0) is 12.4 Å². The van der Waals surface area contributed by atoms with Gasteiger partial charge in [-0.05, 0) is 30.3 Å². The molecule has 0 unspecified atom stereocenters. The van der Waals surface area contributed by atoms with Gasteiger partial charge in [-0.15, -0.1) is 0 Å². The van der Waals surface area contributed by atoms with Crippen LogP contribution in [0.5, 0.6) is 0 Å². The lowest BCUT2D eigenvalue weighted by atomic mass is 10.1. The van der Waals surface area contributed by atoms with Crippen molar-refractivity contribution in [3.8, 4) is 11.4 Å². The van der Waals surface area contributed by atoms with Gasteiger partial charge >= 0.3 is 12.4 Å². The van der Waals surface area contributed by atoms with Gasteiger partial charge in [-0.3, -0.25) is 10.1 Å². The van der Waals surface area contributed by atoms with E-state index in [9.17, 15) is 31.1 Å². The summed E-state index contributed by atoms with van der Waals surface area (Å²) in [4.78, 5) is 16.0. The number of alkyl halides is 6. The fraction of sp³-hybridized carbons (Fsp3) is 0.118. The van der Waals surface area contributed by atoms with Crippen LogP contribution in [0.3, 0.4) is 0 Å². The molecule has 146 valence electrons. The molecule has 0 aliphatic heterocycles. The molecular formula is C17H9F6N3OS. The van der Waals surface area contributed by atoms with Crippen molar-refractivity contribution in [1.82, 2.24) is 9.36 Å². The van der Waals surface area contributed by atoms with Crippen molar-refractivity contribution in [3.05, 3.63) is 65.2 Å². The molecule has 1 amide bonds. The minimum atomic E-state index is -4.61. The van der Waals surface area contributed by atoms with Crippen molar-refractivity contribution < 1.29 is 31.1 Å². The summed E-state index contributed by atoms with van der Waals surface area (Å²) in [6.07, 6.45) is -9.14. The number of aromatic nitrogens is 2. The number of nitrogens with zero attached hydrogens (tertiary/aromatic N) is 2. The molecule has 0 saturated heterocycles. The summed E-state index contributed by atoms with van der Waals surface area (Å²) in [6, 6.07) is 8.18. The Morgan fingerprint density at radius 3 is 2.14 bits per heavy atom. The zero-order valence-corrected chi connectivity index (χ0v) is 14.4. The number of hydrogen-bond donors (Lipinski definition) is 1. The number of carbonyl (C=O) groups excluding carboxylic acids is 1. The summed E-state index contributed by atoms with van der Waals surface area (Å²) in [7, 11) is 0. The highest BCUT2D eigenvalue weighted by Crippen LogP contribution is 2.36. The highest BCUT2D eigenvalue weighted by molar-refractivity contribution is 7.10. The number of benzene rings is 2. The van der Waals surface area contributed by atoms with Crippen LogP contribution < -0.4 is 5.32 Å². The third-order valence-corrected chi connectivity index (χ3v) is 4.22. The summed E-state index contributed by atoms with van der Waals surface area (Å²) >= 11 is 0.654. The van der Waals surface area contributed by atoms with Gasteiger partial charge in [0.15, 0.2) is 5.82 Å². The molecule has 4 nitrogen and oxygen atoms in total. The van der Waals surface area contributed by atoms with Crippen LogP contribution >= 0.6 is 11.5 Å². The Hall–Kier alpha value is -2.95. The maximum atomic E-state index is 13.1. The summed E-state index contributed by atoms with van der Waals surface area (Å²) in [5.74, 6) is -0.985. The van der Waals surface area contributed by atoms with Gasteiger partial charge in [-0.25, -0.2) is 0 Å². The molecular weight excluding hydrogens is 408 g/mol. The van der Waals surface area contributed by atoms with E-state index >= 15 is 0 Å². The van der Waals surface area contributed by atoms with Crippen molar-refractivity contribution in [2.45, 2.75) is 12.4 Å². The average Bonchev–Trinajstić information content (AvgIpc) is 3.09. The molecule has 3 aromatic rings. The molecule has 3 rings (SSSR count). The highest BCUT2D eigenvalue weighted by atomic mass is 32.1. The van der Waals surface area contributed by atoms with Gasteiger partial charge in [-0.2, -0.15) is 35.7 Å². The normalized spacial score (nSPS) is 12.1. The van der Waals surface area contributed by atoms with Gasteiger partial charge in [0.25, 0.3) is 5.91 Å². The molecule has 0 bridgehead atoms. The minimum Gasteiger partial charge on any atom is -0.297 e. The van der Waals surface area contributed by atoms with Crippen LogP contribution in [0.25, 0.3) is 11.4 Å². The first kappa shape index (κ1) is 19.8. The standard InChI is InChI=1S/C17H9F6N3OS/c18-16(19,20)10-7-5-9(6-8-10)14(27)25-15-24-13(26-28-15)11-3-1-2-4-12(11)17(21,22)23/h1-8H,(H,24,25,26,27). The lowest BCUT2D eigenvalue weighted by Crippen LogP contribution is -2.12. The van der Waals surface area contributed by atoms with E-state index < -0.39 is 29.4 Å². The number of rotatable bonds is 3. The number of nitrogens with one attached hydrogen (secondary N) is 1. The van der Waals surface area contributed by atoms with Crippen LogP contribution in [-0.4, -0.2) is 15.3 Å². The van der Waals surface area contributed by atoms with E-state index in [1.165, 1.54) is 18.2 Å². The van der Waals surface area contributed by atoms with Crippen molar-refractivity contribution in [2.75, 3.05) is 5.32 Å². The van der Waals surface area contributed by atoms with Crippen LogP contribution in [0.1, 0.15) is 21.5 Å². The molecule has 1 aromatic heterocycles. The predicted molar refractivity (Wildman–Crippen MR) is 89.7 cm³/mol. The third-order valence-electron chi connectivity index (χ3n) is 3.59. The third kappa shape index (κ3) is 4.30. The van der Waals surface area contributed by atoms with E-state index in [1.54, 1.807) is 0 Å². The molecule has 11 heteroatoms. The molecule has 2 aromatic carbocycles. The first-order valence-electron chi connectivity index (χ1n) is 7.54. The largest absolute Gasteiger partial charge is 0.417 e. The van der Waals surface area contributed by atoms with Crippen LogP contribution in [0.15, 0.2) is 48.5 Å². The Balaban J connectivity index is 1.80. The van der Waals surface area contributed by atoms with Crippen LogP contribution in [0.2, 0.25) is 0 Å². The maximum absolute atomic E-state index is 13.1. The summed E-state index contributed by atoms with van der Waals surface area (Å²) < 4.78 is 80.7. The zero-order chi connectivity index (χ0) is 20.5. The van der Waals surface area contributed by atoms with E-state index in [1.807, 2.05) is 0 Å². The SMILES string of the molecule is O=C(Nc1nc(-c2ccccc2C(F)(F)F)ns1)c1ccc(C(F)(F)F)cc1. The average molecular weight is 417 g/mol. The predicted octanol–water partition coefficient (Wildman–Crippen LogP) is 5.50. The Kier molecular flexibility index (Phi) is 5.11. The monoisotopic (exact) mass is 417 g/mol. The fourth-order valence-electron chi connectivity index (χ4n) is 2.29. The van der Waals surface area contributed by atoms with Crippen LogP contribution in [0.4, 0.5) is 31.5 Å². The highest BCUT2D eigenvalue weighted by Gasteiger charge is 2.34. The Bertz CT molecular complexity index is 995. The molecule has 0 fully saturated rings. The first-order chi connectivity index (χ1) is 13.1. The zero-order valence-electron chi connectivity index (χ0n) is 13.6. The number of amides is 1. The quantitative estimate of drug-likeness (QED) is 0.573. The number of anilines is 1. The molecule has 1 heterocycles. The molecule has 1 N–H and O–H groups in total. The van der Waals surface area contributed by atoms with E-state index in [2.05, 4.69) is 14.7 Å². The number of carbonyl (C=O) groups is 1. The Morgan fingerprint density at radius 2 is 1.54 bits per heavy atom. The summed E-state index contributed by atoms with van der Waals surface area (Å²) in [6.45, 7) is 0. The van der Waals surface area contributed by atoms with Gasteiger partial charge in [0, 0.05) is 22.7 Å².